The number of ether oxygens (including phenoxy) is 2. The first kappa shape index (κ1) is 24.2. The van der Waals surface area contributed by atoms with Crippen LogP contribution in [0.1, 0.15) is 35.3 Å². The molecule has 0 radical (unpaired) electrons. The highest BCUT2D eigenvalue weighted by molar-refractivity contribution is 9.10. The molecule has 1 N–H and O–H groups in total. The molecule has 36 heavy (non-hydrogen) atoms. The number of carbonyl (C=O) groups is 1. The van der Waals surface area contributed by atoms with E-state index >= 15 is 0 Å². The van der Waals surface area contributed by atoms with Crippen molar-refractivity contribution in [2.45, 2.75) is 54.9 Å². The van der Waals surface area contributed by atoms with E-state index < -0.39 is 11.0 Å². The Labute approximate surface area is 224 Å². The van der Waals surface area contributed by atoms with Crippen LogP contribution in [-0.2, 0) is 16.6 Å². The maximum absolute atomic E-state index is 13.3. The van der Waals surface area contributed by atoms with Crippen molar-refractivity contribution in [1.29, 1.82) is 0 Å². The number of carbonyl (C=O) groups excluding carboxylic acids is 1. The van der Waals surface area contributed by atoms with E-state index in [0.29, 0.717) is 18.6 Å². The van der Waals surface area contributed by atoms with Crippen LogP contribution in [0.4, 0.5) is 0 Å². The van der Waals surface area contributed by atoms with Crippen LogP contribution in [0.2, 0.25) is 0 Å². The van der Waals surface area contributed by atoms with Crippen LogP contribution in [0, 0.1) is 0 Å². The quantitative estimate of drug-likeness (QED) is 0.412. The number of methoxy groups -OCH3 is 1. The number of piperidine rings is 1. The van der Waals surface area contributed by atoms with Gasteiger partial charge in [-0.1, -0.05) is 12.1 Å². The van der Waals surface area contributed by atoms with E-state index in [0.717, 1.165) is 46.6 Å². The van der Waals surface area contributed by atoms with Crippen LogP contribution in [0.25, 0.3) is 6.08 Å². The lowest BCUT2D eigenvalue weighted by Crippen LogP contribution is -2.78. The zero-order chi connectivity index (χ0) is 25.2. The number of rotatable bonds is 6. The van der Waals surface area contributed by atoms with Crippen LogP contribution in [0.15, 0.2) is 46.8 Å². The Balaban J connectivity index is 1.40. The summed E-state index contributed by atoms with van der Waals surface area (Å²) in [6.45, 7) is 5.56. The molecule has 8 heteroatoms. The van der Waals surface area contributed by atoms with Crippen molar-refractivity contribution in [3.63, 3.8) is 0 Å². The fourth-order valence-corrected chi connectivity index (χ4v) is 8.72. The van der Waals surface area contributed by atoms with E-state index in [2.05, 4.69) is 33.5 Å². The summed E-state index contributed by atoms with van der Waals surface area (Å²) in [4.78, 5) is 18.5. The SMILES string of the molecule is C=CCN1CC[C@]23c4c5ccc(OC)c4O[C@H]2[C@@H](N(C)C(=O)/C=C/c2cc(Br)cs2)CC[C@@]3(O)[C@H]1C5. The average Bonchev–Trinajstić information content (AvgIpc) is 3.44. The minimum Gasteiger partial charge on any atom is -0.493 e. The third-order valence-corrected chi connectivity index (χ3v) is 10.6. The number of hydrogen-bond donors (Lipinski definition) is 1. The van der Waals surface area contributed by atoms with Crippen LogP contribution < -0.4 is 9.47 Å². The molecule has 1 saturated carbocycles. The van der Waals surface area contributed by atoms with E-state index in [1.54, 1.807) is 24.5 Å². The molecule has 4 aliphatic rings. The Morgan fingerprint density at radius 1 is 1.44 bits per heavy atom. The molecule has 2 bridgehead atoms. The molecule has 1 saturated heterocycles. The molecule has 190 valence electrons. The minimum atomic E-state index is -0.941. The number of halogens is 1. The molecule has 6 rings (SSSR count). The number of thiophene rings is 1. The molecular formula is C28H31BrN2O4S. The van der Waals surface area contributed by atoms with Gasteiger partial charge in [-0.25, -0.2) is 0 Å². The third-order valence-electron chi connectivity index (χ3n) is 8.93. The highest BCUT2D eigenvalue weighted by atomic mass is 79.9. The molecule has 1 aromatic carbocycles. The number of hydrogen-bond acceptors (Lipinski definition) is 6. The van der Waals surface area contributed by atoms with Gasteiger partial charge in [-0.05, 0) is 71.9 Å². The molecule has 2 aliphatic heterocycles. The van der Waals surface area contributed by atoms with E-state index in [9.17, 15) is 9.90 Å². The number of benzene rings is 1. The minimum absolute atomic E-state index is 0.0127. The third kappa shape index (κ3) is 3.24. The number of likely N-dealkylation sites (N-methyl/N-ethyl adjacent to an activating group) is 1. The molecule has 2 aliphatic carbocycles. The van der Waals surface area contributed by atoms with Gasteiger partial charge in [0.05, 0.1) is 24.2 Å². The molecule has 1 amide bonds. The number of aliphatic hydroxyl groups is 1. The standard InChI is InChI=1S/C28H31BrN2O4S/c1-4-12-31-13-11-27-24-17-5-7-21(34-3)25(24)35-26(27)20(9-10-28(27,33)22(31)14-17)30(2)23(32)8-6-19-15-18(29)16-36-19/h4-8,15-16,20,22,26,33H,1,9-14H2,2-3H3/b8-6+/t20-,22+,26-,27-,28+/m0/s1. The van der Waals surface area contributed by atoms with E-state index in [4.69, 9.17) is 9.47 Å². The van der Waals surface area contributed by atoms with Crippen LogP contribution >= 0.6 is 27.3 Å². The summed E-state index contributed by atoms with van der Waals surface area (Å²) >= 11 is 5.06. The summed E-state index contributed by atoms with van der Waals surface area (Å²) in [5, 5.41) is 14.5. The lowest BCUT2D eigenvalue weighted by molar-refractivity contribution is -0.198. The fraction of sp³-hybridized carbons (Fsp3) is 0.464. The summed E-state index contributed by atoms with van der Waals surface area (Å²) in [6.07, 6.45) is 7.92. The van der Waals surface area contributed by atoms with E-state index in [-0.39, 0.29) is 24.1 Å². The van der Waals surface area contributed by atoms with Gasteiger partial charge in [0.1, 0.15) is 6.10 Å². The molecule has 6 nitrogen and oxygen atoms in total. The Morgan fingerprint density at radius 3 is 3.00 bits per heavy atom. The van der Waals surface area contributed by atoms with Crippen molar-refractivity contribution >= 4 is 39.2 Å². The molecule has 5 atom stereocenters. The number of nitrogens with zero attached hydrogens (tertiary/aromatic N) is 2. The molecule has 1 spiro atoms. The lowest BCUT2D eigenvalue weighted by atomic mass is 9.48. The largest absolute Gasteiger partial charge is 0.493 e. The Kier molecular flexibility index (Phi) is 5.87. The van der Waals surface area contributed by atoms with Crippen molar-refractivity contribution in [2.75, 3.05) is 27.2 Å². The highest BCUT2D eigenvalue weighted by Gasteiger charge is 2.73. The van der Waals surface area contributed by atoms with Gasteiger partial charge in [0, 0.05) is 46.0 Å². The zero-order valence-electron chi connectivity index (χ0n) is 20.6. The van der Waals surface area contributed by atoms with Crippen LogP contribution in [0.5, 0.6) is 11.5 Å². The van der Waals surface area contributed by atoms with Crippen molar-refractivity contribution in [1.82, 2.24) is 9.80 Å². The summed E-state index contributed by atoms with van der Waals surface area (Å²) in [6, 6.07) is 5.94. The molecule has 1 aromatic heterocycles. The van der Waals surface area contributed by atoms with Gasteiger partial charge in [-0.15, -0.1) is 17.9 Å². The zero-order valence-corrected chi connectivity index (χ0v) is 23.0. The summed E-state index contributed by atoms with van der Waals surface area (Å²) in [5.74, 6) is 1.39. The maximum Gasteiger partial charge on any atom is 0.246 e. The predicted molar refractivity (Wildman–Crippen MR) is 145 cm³/mol. The van der Waals surface area contributed by atoms with Gasteiger partial charge in [-0.2, -0.15) is 0 Å². The van der Waals surface area contributed by atoms with Gasteiger partial charge in [-0.3, -0.25) is 9.69 Å². The summed E-state index contributed by atoms with van der Waals surface area (Å²) in [5.41, 5.74) is 0.804. The molecule has 0 unspecified atom stereocenters. The second-order valence-corrected chi connectivity index (χ2v) is 12.2. The highest BCUT2D eigenvalue weighted by Crippen LogP contribution is 2.65. The first-order chi connectivity index (χ1) is 17.3. The van der Waals surface area contributed by atoms with E-state index in [1.165, 1.54) is 5.56 Å². The van der Waals surface area contributed by atoms with Crippen LogP contribution in [0.3, 0.4) is 0 Å². The van der Waals surface area contributed by atoms with Crippen molar-refractivity contribution < 1.29 is 19.4 Å². The topological polar surface area (TPSA) is 62.2 Å². The van der Waals surface area contributed by atoms with Crippen molar-refractivity contribution in [3.05, 3.63) is 62.8 Å². The average molecular weight is 572 g/mol. The molecule has 2 fully saturated rings. The normalized spacial score (nSPS) is 32.2. The molecular weight excluding hydrogens is 540 g/mol. The number of likely N-dealkylation sites (tertiary alicyclic amines) is 1. The first-order valence-electron chi connectivity index (χ1n) is 12.5. The van der Waals surface area contributed by atoms with Crippen LogP contribution in [-0.4, -0.2) is 71.8 Å². The maximum atomic E-state index is 13.3. The second-order valence-electron chi connectivity index (χ2n) is 10.4. The lowest BCUT2D eigenvalue weighted by Gasteiger charge is -2.64. The van der Waals surface area contributed by atoms with Gasteiger partial charge in [0.2, 0.25) is 5.91 Å². The Bertz CT molecular complexity index is 1260. The fourth-order valence-electron chi connectivity index (χ4n) is 7.39. The first-order valence-corrected chi connectivity index (χ1v) is 14.1. The second kappa shape index (κ2) is 8.72. The van der Waals surface area contributed by atoms with E-state index in [1.807, 2.05) is 41.6 Å². The van der Waals surface area contributed by atoms with Crippen molar-refractivity contribution in [2.24, 2.45) is 0 Å². The van der Waals surface area contributed by atoms with Gasteiger partial charge >= 0.3 is 0 Å². The smallest absolute Gasteiger partial charge is 0.246 e. The Morgan fingerprint density at radius 2 is 2.28 bits per heavy atom. The monoisotopic (exact) mass is 570 g/mol. The van der Waals surface area contributed by atoms with Crippen molar-refractivity contribution in [3.8, 4) is 11.5 Å². The van der Waals surface area contributed by atoms with Gasteiger partial charge in [0.15, 0.2) is 11.5 Å². The molecule has 3 heterocycles. The predicted octanol–water partition coefficient (Wildman–Crippen LogP) is 4.40. The summed E-state index contributed by atoms with van der Waals surface area (Å²) < 4.78 is 13.5. The van der Waals surface area contributed by atoms with Gasteiger partial charge in [0.25, 0.3) is 0 Å². The summed E-state index contributed by atoms with van der Waals surface area (Å²) in [7, 11) is 3.52. The Hall–Kier alpha value is -2.13. The molecule has 2 aromatic rings. The number of amides is 1. The van der Waals surface area contributed by atoms with Gasteiger partial charge < -0.3 is 19.5 Å².